The molecule has 0 atom stereocenters. The van der Waals surface area contributed by atoms with Crippen LogP contribution in [0.3, 0.4) is 0 Å². The van der Waals surface area contributed by atoms with Gasteiger partial charge >= 0.3 is 12.6 Å². The first kappa shape index (κ1) is 11.8. The van der Waals surface area contributed by atoms with Crippen LogP contribution in [0.4, 0.5) is 13.2 Å². The molecule has 1 N–H and O–H groups in total. The van der Waals surface area contributed by atoms with E-state index in [1.165, 1.54) is 6.07 Å². The van der Waals surface area contributed by atoms with Crippen LogP contribution in [-0.4, -0.2) is 17.7 Å². The van der Waals surface area contributed by atoms with Gasteiger partial charge in [0.1, 0.15) is 17.6 Å². The van der Waals surface area contributed by atoms with Crippen molar-refractivity contribution in [3.63, 3.8) is 0 Å². The lowest BCUT2D eigenvalue weighted by molar-refractivity contribution is -0.0501. The summed E-state index contributed by atoms with van der Waals surface area (Å²) < 4.78 is 40.7. The van der Waals surface area contributed by atoms with Gasteiger partial charge in [0.2, 0.25) is 0 Å². The highest BCUT2D eigenvalue weighted by molar-refractivity contribution is 5.88. The summed E-state index contributed by atoms with van der Waals surface area (Å²) in [7, 11) is 0. The Kier molecular flexibility index (Phi) is 3.35. The molecule has 0 bridgehead atoms. The quantitative estimate of drug-likeness (QED) is 0.863. The molecule has 0 aliphatic carbocycles. The molecule has 0 heterocycles. The van der Waals surface area contributed by atoms with Crippen LogP contribution in [0.2, 0.25) is 0 Å². The molecule has 0 saturated heterocycles. The Morgan fingerprint density at radius 1 is 1.50 bits per heavy atom. The Morgan fingerprint density at radius 3 is 2.56 bits per heavy atom. The minimum Gasteiger partial charge on any atom is -0.478 e. The first-order chi connectivity index (χ1) is 7.45. The lowest BCUT2D eigenvalue weighted by Gasteiger charge is -2.07. The zero-order valence-corrected chi connectivity index (χ0v) is 7.58. The van der Waals surface area contributed by atoms with Crippen molar-refractivity contribution in [2.45, 2.75) is 6.61 Å². The summed E-state index contributed by atoms with van der Waals surface area (Å²) in [6, 6.07) is 2.49. The summed E-state index contributed by atoms with van der Waals surface area (Å²) in [5.74, 6) is -3.50. The van der Waals surface area contributed by atoms with E-state index in [4.69, 9.17) is 10.4 Å². The van der Waals surface area contributed by atoms with Gasteiger partial charge in [-0.3, -0.25) is 0 Å². The van der Waals surface area contributed by atoms with Gasteiger partial charge in [-0.15, -0.1) is 0 Å². The van der Waals surface area contributed by atoms with E-state index < -0.39 is 35.3 Å². The smallest absolute Gasteiger partial charge is 0.387 e. The van der Waals surface area contributed by atoms with Gasteiger partial charge in [0.25, 0.3) is 0 Å². The van der Waals surface area contributed by atoms with E-state index in [-0.39, 0.29) is 0 Å². The highest BCUT2D eigenvalue weighted by Gasteiger charge is 2.18. The fraction of sp³-hybridized carbons (Fsp3) is 0.111. The minimum absolute atomic E-state index is 0.497. The lowest BCUT2D eigenvalue weighted by atomic mass is 10.1. The second-order valence-electron chi connectivity index (χ2n) is 2.62. The average molecular weight is 231 g/mol. The third kappa shape index (κ3) is 2.42. The van der Waals surface area contributed by atoms with Crippen LogP contribution < -0.4 is 4.74 Å². The van der Waals surface area contributed by atoms with Gasteiger partial charge in [-0.05, 0) is 12.1 Å². The number of carboxylic acid groups (broad SMARTS) is 1. The summed E-state index contributed by atoms with van der Waals surface area (Å²) in [6.45, 7) is -3.22. The Bertz CT molecular complexity index is 468. The van der Waals surface area contributed by atoms with Gasteiger partial charge in [0.05, 0.1) is 11.1 Å². The van der Waals surface area contributed by atoms with Crippen molar-refractivity contribution in [3.05, 3.63) is 29.1 Å². The molecule has 0 fully saturated rings. The maximum absolute atomic E-state index is 13.0. The number of carboxylic acids is 1. The SMILES string of the molecule is N#Cc1cc(F)c(C(=O)O)cc1OC(F)F. The zero-order valence-electron chi connectivity index (χ0n) is 7.58. The van der Waals surface area contributed by atoms with Crippen molar-refractivity contribution < 1.29 is 27.8 Å². The topological polar surface area (TPSA) is 70.3 Å². The van der Waals surface area contributed by atoms with Crippen molar-refractivity contribution in [3.8, 4) is 11.8 Å². The van der Waals surface area contributed by atoms with Crippen LogP contribution in [0, 0.1) is 17.1 Å². The van der Waals surface area contributed by atoms with E-state index in [0.29, 0.717) is 12.1 Å². The molecule has 0 radical (unpaired) electrons. The Balaban J connectivity index is 3.30. The first-order valence-electron chi connectivity index (χ1n) is 3.87. The molecule has 0 aromatic heterocycles. The van der Waals surface area contributed by atoms with E-state index in [0.717, 1.165) is 0 Å². The molecular weight excluding hydrogens is 227 g/mol. The molecule has 84 valence electrons. The Labute approximate surface area is 87.5 Å². The number of aromatic carboxylic acids is 1. The fourth-order valence-electron chi connectivity index (χ4n) is 0.998. The largest absolute Gasteiger partial charge is 0.478 e. The van der Waals surface area contributed by atoms with E-state index in [1.54, 1.807) is 0 Å². The molecule has 0 amide bonds. The number of ether oxygens (including phenoxy) is 1. The second-order valence-corrected chi connectivity index (χ2v) is 2.62. The summed E-state index contributed by atoms with van der Waals surface area (Å²) >= 11 is 0. The highest BCUT2D eigenvalue weighted by Crippen LogP contribution is 2.24. The third-order valence-electron chi connectivity index (χ3n) is 1.64. The third-order valence-corrected chi connectivity index (χ3v) is 1.64. The van der Waals surface area contributed by atoms with Crippen LogP contribution in [0.5, 0.6) is 5.75 Å². The van der Waals surface area contributed by atoms with E-state index in [2.05, 4.69) is 4.74 Å². The monoisotopic (exact) mass is 231 g/mol. The molecule has 0 spiro atoms. The number of rotatable bonds is 3. The molecular formula is C9H4F3NO3. The molecule has 0 aliphatic rings. The van der Waals surface area contributed by atoms with E-state index >= 15 is 0 Å². The van der Waals surface area contributed by atoms with Gasteiger partial charge in [-0.1, -0.05) is 0 Å². The van der Waals surface area contributed by atoms with Crippen LogP contribution in [-0.2, 0) is 0 Å². The van der Waals surface area contributed by atoms with Gasteiger partial charge < -0.3 is 9.84 Å². The van der Waals surface area contributed by atoms with Crippen molar-refractivity contribution in [1.82, 2.24) is 0 Å². The maximum atomic E-state index is 13.0. The van der Waals surface area contributed by atoms with Gasteiger partial charge in [0, 0.05) is 0 Å². The average Bonchev–Trinajstić information content (AvgIpc) is 2.18. The molecule has 0 aliphatic heterocycles. The van der Waals surface area contributed by atoms with Crippen molar-refractivity contribution in [2.75, 3.05) is 0 Å². The number of alkyl halides is 2. The van der Waals surface area contributed by atoms with Crippen molar-refractivity contribution in [1.29, 1.82) is 5.26 Å². The predicted molar refractivity (Wildman–Crippen MR) is 44.7 cm³/mol. The standard InChI is InChI=1S/C9H4F3NO3/c10-6-1-4(3-13)7(16-9(11)12)2-5(6)8(14)15/h1-2,9H,(H,14,15). The Morgan fingerprint density at radius 2 is 2.12 bits per heavy atom. The van der Waals surface area contributed by atoms with E-state index in [9.17, 15) is 18.0 Å². The number of hydrogen-bond acceptors (Lipinski definition) is 3. The summed E-state index contributed by atoms with van der Waals surface area (Å²) in [5, 5.41) is 17.0. The van der Waals surface area contributed by atoms with Gasteiger partial charge in [0.15, 0.2) is 0 Å². The second kappa shape index (κ2) is 4.53. The summed E-state index contributed by atoms with van der Waals surface area (Å²) in [6.07, 6.45) is 0. The number of nitrogens with zero attached hydrogens (tertiary/aromatic N) is 1. The molecule has 1 aromatic rings. The first-order valence-corrected chi connectivity index (χ1v) is 3.87. The molecule has 4 nitrogen and oxygen atoms in total. The van der Waals surface area contributed by atoms with Gasteiger partial charge in [-0.25, -0.2) is 9.18 Å². The maximum Gasteiger partial charge on any atom is 0.387 e. The van der Waals surface area contributed by atoms with Crippen LogP contribution >= 0.6 is 0 Å². The van der Waals surface area contributed by atoms with Crippen molar-refractivity contribution in [2.24, 2.45) is 0 Å². The zero-order chi connectivity index (χ0) is 12.3. The Hall–Kier alpha value is -2.23. The molecule has 0 saturated carbocycles. The lowest BCUT2D eigenvalue weighted by Crippen LogP contribution is -2.07. The highest BCUT2D eigenvalue weighted by atomic mass is 19.3. The molecule has 1 rings (SSSR count). The summed E-state index contributed by atoms with van der Waals surface area (Å²) in [4.78, 5) is 10.5. The number of nitriles is 1. The van der Waals surface area contributed by atoms with Crippen LogP contribution in [0.15, 0.2) is 12.1 Å². The number of halogens is 3. The summed E-state index contributed by atoms with van der Waals surface area (Å²) in [5.41, 5.74) is -1.34. The number of benzene rings is 1. The molecule has 1 aromatic carbocycles. The molecule has 0 unspecified atom stereocenters. The van der Waals surface area contributed by atoms with Gasteiger partial charge in [-0.2, -0.15) is 14.0 Å². The number of hydrogen-bond donors (Lipinski definition) is 1. The molecule has 7 heteroatoms. The van der Waals surface area contributed by atoms with E-state index in [1.807, 2.05) is 0 Å². The molecule has 16 heavy (non-hydrogen) atoms. The van der Waals surface area contributed by atoms with Crippen LogP contribution in [0.25, 0.3) is 0 Å². The minimum atomic E-state index is -3.22. The van der Waals surface area contributed by atoms with Crippen molar-refractivity contribution >= 4 is 5.97 Å². The normalized spacial score (nSPS) is 9.94. The fourth-order valence-corrected chi connectivity index (χ4v) is 0.998. The predicted octanol–water partition coefficient (Wildman–Crippen LogP) is 2.00. The number of carbonyl (C=O) groups is 1. The van der Waals surface area contributed by atoms with Crippen LogP contribution in [0.1, 0.15) is 15.9 Å².